The van der Waals surface area contributed by atoms with Crippen molar-refractivity contribution in [1.29, 1.82) is 0 Å². The fraction of sp³-hybridized carbons (Fsp3) is 0.111. The van der Waals surface area contributed by atoms with Crippen molar-refractivity contribution >= 4 is 10.9 Å². The average Bonchev–Trinajstić information content (AvgIpc) is 2.18. The fourth-order valence-corrected chi connectivity index (χ4v) is 1.29. The third-order valence-corrected chi connectivity index (χ3v) is 1.90. The van der Waals surface area contributed by atoms with Crippen molar-refractivity contribution in [2.24, 2.45) is 0 Å². The van der Waals surface area contributed by atoms with Crippen LogP contribution in [0.3, 0.4) is 0 Å². The molecule has 2 aromatic rings. The van der Waals surface area contributed by atoms with E-state index in [1.165, 1.54) is 13.2 Å². The number of hydrogen-bond acceptors (Lipinski definition) is 4. The van der Waals surface area contributed by atoms with E-state index < -0.39 is 5.69 Å². The number of aromatic nitrogens is 2. The number of aromatic amines is 1. The molecular weight excluding hydrogens is 184 g/mol. The second-order valence-electron chi connectivity index (χ2n) is 2.75. The second-order valence-corrected chi connectivity index (χ2v) is 2.75. The number of phenolic OH excluding ortho intramolecular Hbond substituents is 1. The predicted molar refractivity (Wildman–Crippen MR) is 50.6 cm³/mol. The summed E-state index contributed by atoms with van der Waals surface area (Å²) in [5.74, 6) is 0.208. The van der Waals surface area contributed by atoms with Crippen molar-refractivity contribution < 1.29 is 9.84 Å². The zero-order valence-electron chi connectivity index (χ0n) is 7.44. The quantitative estimate of drug-likeness (QED) is 0.695. The van der Waals surface area contributed by atoms with E-state index in [0.717, 1.165) is 0 Å². The molecule has 1 aromatic heterocycles. The summed E-state index contributed by atoms with van der Waals surface area (Å²) in [6, 6.07) is 4.84. The molecule has 0 unspecified atom stereocenters. The maximum absolute atomic E-state index is 11.1. The van der Waals surface area contributed by atoms with E-state index in [2.05, 4.69) is 9.97 Å². The van der Waals surface area contributed by atoms with Crippen molar-refractivity contribution in [3.05, 3.63) is 28.7 Å². The van der Waals surface area contributed by atoms with Gasteiger partial charge in [-0.05, 0) is 12.1 Å². The first-order valence-electron chi connectivity index (χ1n) is 3.98. The Morgan fingerprint density at radius 3 is 3.00 bits per heavy atom. The maximum Gasteiger partial charge on any atom is 0.348 e. The molecule has 0 fully saturated rings. The Balaban J connectivity index is 2.94. The lowest BCUT2D eigenvalue weighted by Gasteiger charge is -2.03. The van der Waals surface area contributed by atoms with E-state index >= 15 is 0 Å². The zero-order valence-corrected chi connectivity index (χ0v) is 7.44. The van der Waals surface area contributed by atoms with E-state index in [0.29, 0.717) is 10.9 Å². The highest BCUT2D eigenvalue weighted by atomic mass is 16.5. The number of H-pyrrole nitrogens is 1. The molecule has 0 radical (unpaired) electrons. The lowest BCUT2D eigenvalue weighted by molar-refractivity contribution is 0.400. The third-order valence-electron chi connectivity index (χ3n) is 1.90. The van der Waals surface area contributed by atoms with E-state index in [1.54, 1.807) is 12.1 Å². The highest BCUT2D eigenvalue weighted by Gasteiger charge is 2.07. The smallest absolute Gasteiger partial charge is 0.348 e. The molecule has 2 N–H and O–H groups in total. The SMILES string of the molecule is COc1nc(=O)[nH]c2c(O)cccc12. The summed E-state index contributed by atoms with van der Waals surface area (Å²) >= 11 is 0. The second kappa shape index (κ2) is 3.02. The molecule has 1 heterocycles. The van der Waals surface area contributed by atoms with Crippen LogP contribution in [-0.2, 0) is 0 Å². The Kier molecular flexibility index (Phi) is 1.85. The van der Waals surface area contributed by atoms with Gasteiger partial charge in [0.15, 0.2) is 0 Å². The van der Waals surface area contributed by atoms with Gasteiger partial charge in [-0.3, -0.25) is 0 Å². The molecule has 5 nitrogen and oxygen atoms in total. The maximum atomic E-state index is 11.1. The van der Waals surface area contributed by atoms with Crippen LogP contribution in [0, 0.1) is 0 Å². The number of para-hydroxylation sites is 1. The number of nitrogens with one attached hydrogen (secondary N) is 1. The summed E-state index contributed by atoms with van der Waals surface area (Å²) in [7, 11) is 1.42. The van der Waals surface area contributed by atoms with Gasteiger partial charge < -0.3 is 14.8 Å². The Labute approximate surface area is 79.0 Å². The van der Waals surface area contributed by atoms with Gasteiger partial charge in [-0.15, -0.1) is 0 Å². The summed E-state index contributed by atoms with van der Waals surface area (Å²) in [6.07, 6.45) is 0. The first-order valence-corrected chi connectivity index (χ1v) is 3.98. The molecular formula is C9H8N2O3. The number of benzene rings is 1. The van der Waals surface area contributed by atoms with Gasteiger partial charge in [-0.25, -0.2) is 4.79 Å². The van der Waals surface area contributed by atoms with Gasteiger partial charge in [0, 0.05) is 0 Å². The molecule has 0 aliphatic carbocycles. The van der Waals surface area contributed by atoms with Crippen LogP contribution in [-0.4, -0.2) is 22.2 Å². The van der Waals surface area contributed by atoms with Crippen LogP contribution in [0.1, 0.15) is 0 Å². The standard InChI is InChI=1S/C9H8N2O3/c1-14-8-5-3-2-4-6(12)7(5)10-9(13)11-8/h2-4,12H,1H3,(H,10,11,13). The number of methoxy groups -OCH3 is 1. The summed E-state index contributed by atoms with van der Waals surface area (Å²) in [5, 5.41) is 10.0. The van der Waals surface area contributed by atoms with Crippen molar-refractivity contribution in [3.8, 4) is 11.6 Å². The molecule has 1 aromatic carbocycles. The molecule has 0 amide bonds. The molecule has 0 saturated carbocycles. The van der Waals surface area contributed by atoms with Crippen LogP contribution in [0.25, 0.3) is 10.9 Å². The van der Waals surface area contributed by atoms with Crippen molar-refractivity contribution in [2.45, 2.75) is 0 Å². The van der Waals surface area contributed by atoms with Gasteiger partial charge in [0.25, 0.3) is 0 Å². The number of aromatic hydroxyl groups is 1. The number of rotatable bonds is 1. The van der Waals surface area contributed by atoms with Crippen LogP contribution in [0.15, 0.2) is 23.0 Å². The minimum Gasteiger partial charge on any atom is -0.506 e. The molecule has 5 heteroatoms. The van der Waals surface area contributed by atoms with Gasteiger partial charge in [0.1, 0.15) is 5.75 Å². The average molecular weight is 192 g/mol. The van der Waals surface area contributed by atoms with Crippen molar-refractivity contribution in [1.82, 2.24) is 9.97 Å². The van der Waals surface area contributed by atoms with Crippen LogP contribution >= 0.6 is 0 Å². The normalized spacial score (nSPS) is 10.4. The number of fused-ring (bicyclic) bond motifs is 1. The summed E-state index contributed by atoms with van der Waals surface area (Å²) < 4.78 is 4.92. The molecule has 0 spiro atoms. The van der Waals surface area contributed by atoms with Crippen molar-refractivity contribution in [2.75, 3.05) is 7.11 Å². The third kappa shape index (κ3) is 1.19. The molecule has 2 rings (SSSR count). The van der Waals surface area contributed by atoms with E-state index in [1.807, 2.05) is 0 Å². The Bertz CT molecular complexity index is 533. The first kappa shape index (κ1) is 8.55. The number of phenols is 1. The zero-order chi connectivity index (χ0) is 10.1. The van der Waals surface area contributed by atoms with Gasteiger partial charge in [-0.2, -0.15) is 4.98 Å². The monoisotopic (exact) mass is 192 g/mol. The number of hydrogen-bond donors (Lipinski definition) is 2. The lowest BCUT2D eigenvalue weighted by atomic mass is 10.2. The largest absolute Gasteiger partial charge is 0.506 e. The predicted octanol–water partition coefficient (Wildman–Crippen LogP) is 0.637. The lowest BCUT2D eigenvalue weighted by Crippen LogP contribution is -2.11. The Morgan fingerprint density at radius 2 is 2.29 bits per heavy atom. The van der Waals surface area contributed by atoms with E-state index in [-0.39, 0.29) is 11.6 Å². The van der Waals surface area contributed by atoms with Gasteiger partial charge in [0.05, 0.1) is 18.0 Å². The molecule has 0 aliphatic heterocycles. The van der Waals surface area contributed by atoms with Crippen molar-refractivity contribution in [3.63, 3.8) is 0 Å². The van der Waals surface area contributed by atoms with Crippen LogP contribution in [0.2, 0.25) is 0 Å². The molecule has 0 bridgehead atoms. The molecule has 0 aliphatic rings. The van der Waals surface area contributed by atoms with E-state index in [9.17, 15) is 9.90 Å². The van der Waals surface area contributed by atoms with Gasteiger partial charge in [-0.1, -0.05) is 6.07 Å². The Morgan fingerprint density at radius 1 is 1.50 bits per heavy atom. The highest BCUT2D eigenvalue weighted by molar-refractivity contribution is 5.87. The van der Waals surface area contributed by atoms with Crippen LogP contribution < -0.4 is 10.4 Å². The molecule has 72 valence electrons. The first-order chi connectivity index (χ1) is 6.72. The number of ether oxygens (including phenoxy) is 1. The van der Waals surface area contributed by atoms with Gasteiger partial charge in [0.2, 0.25) is 5.88 Å². The topological polar surface area (TPSA) is 75.2 Å². The molecule has 14 heavy (non-hydrogen) atoms. The minimum atomic E-state index is -0.546. The summed E-state index contributed by atoms with van der Waals surface area (Å²) in [4.78, 5) is 17.1. The minimum absolute atomic E-state index is 0.000278. The summed E-state index contributed by atoms with van der Waals surface area (Å²) in [6.45, 7) is 0. The number of nitrogens with zero attached hydrogens (tertiary/aromatic N) is 1. The molecule has 0 atom stereocenters. The Hall–Kier alpha value is -2.04. The van der Waals surface area contributed by atoms with Crippen LogP contribution in [0.5, 0.6) is 11.6 Å². The van der Waals surface area contributed by atoms with Crippen LogP contribution in [0.4, 0.5) is 0 Å². The van der Waals surface area contributed by atoms with Gasteiger partial charge >= 0.3 is 5.69 Å². The van der Waals surface area contributed by atoms with E-state index in [4.69, 9.17) is 4.74 Å². The summed E-state index contributed by atoms with van der Waals surface area (Å²) in [5.41, 5.74) is -0.208. The fourth-order valence-electron chi connectivity index (χ4n) is 1.29. The highest BCUT2D eigenvalue weighted by Crippen LogP contribution is 2.25. The molecule has 0 saturated heterocycles.